The van der Waals surface area contributed by atoms with Crippen LogP contribution in [0.4, 0.5) is 17.1 Å². The maximum Gasteiger partial charge on any atom is 0.109 e. The van der Waals surface area contributed by atoms with Crippen molar-refractivity contribution in [3.05, 3.63) is 109 Å². The smallest absolute Gasteiger partial charge is 0.109 e. The molecule has 4 heteroatoms. The Labute approximate surface area is 185 Å². The molecular formula is C28H20N4. The molecule has 0 bridgehead atoms. The van der Waals surface area contributed by atoms with Crippen LogP contribution >= 0.6 is 0 Å². The number of anilines is 1. The summed E-state index contributed by atoms with van der Waals surface area (Å²) in [5.74, 6) is 0. The lowest BCUT2D eigenvalue weighted by Gasteiger charge is -2.12. The van der Waals surface area contributed by atoms with Crippen LogP contribution in [0.2, 0.25) is 0 Å². The van der Waals surface area contributed by atoms with Gasteiger partial charge >= 0.3 is 0 Å². The van der Waals surface area contributed by atoms with Gasteiger partial charge in [0.05, 0.1) is 28.1 Å². The monoisotopic (exact) mass is 412 g/mol. The van der Waals surface area contributed by atoms with Gasteiger partial charge < -0.3 is 10.3 Å². The second-order valence-corrected chi connectivity index (χ2v) is 7.78. The van der Waals surface area contributed by atoms with E-state index in [-0.39, 0.29) is 0 Å². The SMILES string of the molecule is Nc1ccccc1N=Nc1ccc(-n2c3ccccc3c3ccccc32)c2ccccc12. The number of nitrogens with zero attached hydrogens (tertiary/aromatic N) is 3. The highest BCUT2D eigenvalue weighted by Gasteiger charge is 2.14. The molecule has 0 amide bonds. The molecule has 0 aliphatic heterocycles. The number of azo groups is 1. The second kappa shape index (κ2) is 7.36. The molecule has 0 radical (unpaired) electrons. The van der Waals surface area contributed by atoms with Gasteiger partial charge in [0.15, 0.2) is 0 Å². The Morgan fingerprint density at radius 2 is 1.00 bits per heavy atom. The first-order valence-electron chi connectivity index (χ1n) is 10.6. The summed E-state index contributed by atoms with van der Waals surface area (Å²) in [6.45, 7) is 0. The van der Waals surface area contributed by atoms with Crippen molar-refractivity contribution in [3.63, 3.8) is 0 Å². The Kier molecular flexibility index (Phi) is 4.22. The first-order valence-corrected chi connectivity index (χ1v) is 10.6. The second-order valence-electron chi connectivity index (χ2n) is 7.78. The number of para-hydroxylation sites is 3. The quantitative estimate of drug-likeness (QED) is 0.233. The maximum absolute atomic E-state index is 6.03. The zero-order valence-corrected chi connectivity index (χ0v) is 17.3. The van der Waals surface area contributed by atoms with Crippen molar-refractivity contribution >= 4 is 49.6 Å². The first kappa shape index (κ1) is 18.3. The van der Waals surface area contributed by atoms with E-state index in [0.717, 1.165) is 22.1 Å². The van der Waals surface area contributed by atoms with Crippen LogP contribution in [0.25, 0.3) is 38.3 Å². The van der Waals surface area contributed by atoms with E-state index in [1.165, 1.54) is 21.8 Å². The molecule has 6 aromatic rings. The van der Waals surface area contributed by atoms with E-state index in [0.29, 0.717) is 11.4 Å². The Morgan fingerprint density at radius 1 is 0.469 bits per heavy atom. The molecule has 0 atom stereocenters. The van der Waals surface area contributed by atoms with E-state index in [1.54, 1.807) is 0 Å². The fourth-order valence-corrected chi connectivity index (χ4v) is 4.42. The van der Waals surface area contributed by atoms with Crippen LogP contribution in [0.5, 0.6) is 0 Å². The van der Waals surface area contributed by atoms with Crippen molar-refractivity contribution in [2.45, 2.75) is 0 Å². The van der Waals surface area contributed by atoms with E-state index in [4.69, 9.17) is 5.73 Å². The van der Waals surface area contributed by atoms with Crippen molar-refractivity contribution in [1.29, 1.82) is 0 Å². The Balaban J connectivity index is 1.60. The zero-order valence-electron chi connectivity index (χ0n) is 17.3. The van der Waals surface area contributed by atoms with Crippen LogP contribution in [-0.4, -0.2) is 4.57 Å². The molecule has 1 aromatic heterocycles. The largest absolute Gasteiger partial charge is 0.397 e. The molecule has 0 spiro atoms. The average Bonchev–Trinajstić information content (AvgIpc) is 3.18. The van der Waals surface area contributed by atoms with E-state index in [1.807, 2.05) is 36.4 Å². The highest BCUT2D eigenvalue weighted by molar-refractivity contribution is 6.11. The zero-order chi connectivity index (χ0) is 21.5. The number of fused-ring (bicyclic) bond motifs is 4. The number of benzene rings is 5. The number of hydrogen-bond acceptors (Lipinski definition) is 3. The molecular weight excluding hydrogens is 392 g/mol. The van der Waals surface area contributed by atoms with Crippen molar-refractivity contribution in [1.82, 2.24) is 4.57 Å². The van der Waals surface area contributed by atoms with Gasteiger partial charge in [0.1, 0.15) is 5.69 Å². The maximum atomic E-state index is 6.03. The van der Waals surface area contributed by atoms with Gasteiger partial charge in [-0.3, -0.25) is 0 Å². The van der Waals surface area contributed by atoms with E-state index in [2.05, 4.69) is 87.6 Å². The third-order valence-corrected chi connectivity index (χ3v) is 5.90. The van der Waals surface area contributed by atoms with Gasteiger partial charge in [-0.05, 0) is 36.4 Å². The summed E-state index contributed by atoms with van der Waals surface area (Å²) in [7, 11) is 0. The minimum absolute atomic E-state index is 0.613. The van der Waals surface area contributed by atoms with E-state index in [9.17, 15) is 0 Å². The molecule has 5 aromatic carbocycles. The summed E-state index contributed by atoms with van der Waals surface area (Å²) in [4.78, 5) is 0. The lowest BCUT2D eigenvalue weighted by molar-refractivity contribution is 1.19. The highest BCUT2D eigenvalue weighted by atomic mass is 15.1. The number of hydrogen-bond donors (Lipinski definition) is 1. The molecule has 6 rings (SSSR count). The minimum Gasteiger partial charge on any atom is -0.397 e. The fourth-order valence-electron chi connectivity index (χ4n) is 4.42. The molecule has 0 aliphatic carbocycles. The van der Waals surface area contributed by atoms with Crippen LogP contribution in [0.3, 0.4) is 0 Å². The summed E-state index contributed by atoms with van der Waals surface area (Å²) in [6.07, 6.45) is 0. The Bertz CT molecular complexity index is 1590. The predicted molar refractivity (Wildman–Crippen MR) is 133 cm³/mol. The van der Waals surface area contributed by atoms with E-state index >= 15 is 0 Å². The summed E-state index contributed by atoms with van der Waals surface area (Å²) in [5, 5.41) is 13.6. The van der Waals surface area contributed by atoms with Crippen molar-refractivity contribution in [2.75, 3.05) is 5.73 Å². The molecule has 4 nitrogen and oxygen atoms in total. The number of nitrogen functional groups attached to an aromatic ring is 1. The van der Waals surface area contributed by atoms with Crippen LogP contribution in [0.15, 0.2) is 119 Å². The van der Waals surface area contributed by atoms with Crippen LogP contribution < -0.4 is 5.73 Å². The molecule has 0 saturated carbocycles. The summed E-state index contributed by atoms with van der Waals surface area (Å²) in [5.41, 5.74) is 11.6. The molecule has 0 unspecified atom stereocenters. The van der Waals surface area contributed by atoms with Crippen molar-refractivity contribution in [2.24, 2.45) is 10.2 Å². The third-order valence-electron chi connectivity index (χ3n) is 5.90. The first-order chi connectivity index (χ1) is 15.8. The molecule has 1 heterocycles. The topological polar surface area (TPSA) is 55.7 Å². The van der Waals surface area contributed by atoms with E-state index < -0.39 is 0 Å². The van der Waals surface area contributed by atoms with Gasteiger partial charge in [-0.2, -0.15) is 0 Å². The number of nitrogens with two attached hydrogens (primary N) is 1. The predicted octanol–water partition coefficient (Wildman–Crippen LogP) is 7.93. The molecule has 0 fully saturated rings. The van der Waals surface area contributed by atoms with Crippen molar-refractivity contribution in [3.8, 4) is 5.69 Å². The molecule has 0 aliphatic rings. The van der Waals surface area contributed by atoms with Gasteiger partial charge in [-0.15, -0.1) is 10.2 Å². The third kappa shape index (κ3) is 2.85. The van der Waals surface area contributed by atoms with Crippen molar-refractivity contribution < 1.29 is 0 Å². The van der Waals surface area contributed by atoms with Gasteiger partial charge in [-0.25, -0.2) is 0 Å². The lowest BCUT2D eigenvalue weighted by Crippen LogP contribution is -1.95. The molecule has 32 heavy (non-hydrogen) atoms. The molecule has 0 saturated heterocycles. The summed E-state index contributed by atoms with van der Waals surface area (Å²) >= 11 is 0. The summed E-state index contributed by atoms with van der Waals surface area (Å²) < 4.78 is 2.34. The fraction of sp³-hybridized carbons (Fsp3) is 0. The normalized spacial score (nSPS) is 11.8. The van der Waals surface area contributed by atoms with Gasteiger partial charge in [0.25, 0.3) is 0 Å². The van der Waals surface area contributed by atoms with Crippen LogP contribution in [0.1, 0.15) is 0 Å². The number of aromatic nitrogens is 1. The van der Waals surface area contributed by atoms with Gasteiger partial charge in [0, 0.05) is 21.5 Å². The number of rotatable bonds is 3. The van der Waals surface area contributed by atoms with Gasteiger partial charge in [-0.1, -0.05) is 72.8 Å². The Hall–Kier alpha value is -4.44. The van der Waals surface area contributed by atoms with Crippen LogP contribution in [0, 0.1) is 0 Å². The molecule has 2 N–H and O–H groups in total. The lowest BCUT2D eigenvalue weighted by atomic mass is 10.1. The standard InChI is InChI=1S/C28H20N4/c29-23-13-5-6-14-25(23)31-30-24-17-18-28(20-10-2-1-9-19(20)24)32-26-15-7-3-11-21(26)22-12-4-8-16-27(22)32/h1-18H,29H2. The Morgan fingerprint density at radius 3 is 1.69 bits per heavy atom. The average molecular weight is 412 g/mol. The minimum atomic E-state index is 0.613. The van der Waals surface area contributed by atoms with Crippen LogP contribution in [-0.2, 0) is 0 Å². The van der Waals surface area contributed by atoms with Gasteiger partial charge in [0.2, 0.25) is 0 Å². The molecule has 152 valence electrons. The highest BCUT2D eigenvalue weighted by Crippen LogP contribution is 2.37. The summed E-state index contributed by atoms with van der Waals surface area (Å²) in [6, 6.07) is 37.1.